The van der Waals surface area contributed by atoms with Crippen molar-refractivity contribution in [3.63, 3.8) is 0 Å². The molecule has 2 aromatic heterocycles. The van der Waals surface area contributed by atoms with Crippen molar-refractivity contribution in [3.05, 3.63) is 82.3 Å². The molecule has 0 atom stereocenters. The van der Waals surface area contributed by atoms with Gasteiger partial charge < -0.3 is 5.32 Å². The average molecular weight is 432 g/mol. The van der Waals surface area contributed by atoms with Crippen LogP contribution in [0, 0.1) is 0 Å². The molecule has 158 valence electrons. The zero-order chi connectivity index (χ0) is 21.6. The molecule has 0 aliphatic carbocycles. The van der Waals surface area contributed by atoms with Crippen molar-refractivity contribution in [1.29, 1.82) is 0 Å². The van der Waals surface area contributed by atoms with Gasteiger partial charge in [-0.1, -0.05) is 73.5 Å². The summed E-state index contributed by atoms with van der Waals surface area (Å²) in [4.78, 5) is 9.63. The van der Waals surface area contributed by atoms with Gasteiger partial charge in [-0.25, -0.2) is 9.97 Å². The number of aromatic nitrogens is 4. The molecule has 5 nitrogen and oxygen atoms in total. The van der Waals surface area contributed by atoms with Crippen LogP contribution in [-0.2, 0) is 19.9 Å². The maximum Gasteiger partial charge on any atom is 0.156 e. The Labute approximate surface area is 187 Å². The summed E-state index contributed by atoms with van der Waals surface area (Å²) in [5, 5.41) is 8.97. The van der Waals surface area contributed by atoms with E-state index in [4.69, 9.17) is 26.7 Å². The monoisotopic (exact) mass is 431 g/mol. The van der Waals surface area contributed by atoms with Crippen LogP contribution < -0.4 is 5.32 Å². The van der Waals surface area contributed by atoms with Gasteiger partial charge in [-0.2, -0.15) is 5.10 Å². The van der Waals surface area contributed by atoms with E-state index in [2.05, 4.69) is 36.5 Å². The van der Waals surface area contributed by atoms with Crippen LogP contribution in [0.25, 0.3) is 23.2 Å². The highest BCUT2D eigenvalue weighted by molar-refractivity contribution is 6.30. The van der Waals surface area contributed by atoms with Crippen LogP contribution in [0.15, 0.2) is 54.6 Å². The van der Waals surface area contributed by atoms with E-state index < -0.39 is 0 Å². The Morgan fingerprint density at radius 1 is 0.968 bits per heavy atom. The predicted octanol–water partition coefficient (Wildman–Crippen LogP) is 5.79. The van der Waals surface area contributed by atoms with Gasteiger partial charge in [-0.05, 0) is 42.2 Å². The first kappa shape index (κ1) is 21.1. The normalized spacial score (nSPS) is 11.5. The molecule has 0 unspecified atom stereocenters. The first-order valence-electron chi connectivity index (χ1n) is 10.6. The fourth-order valence-corrected chi connectivity index (χ4v) is 3.70. The van der Waals surface area contributed by atoms with Crippen molar-refractivity contribution in [2.45, 2.75) is 26.2 Å². The second-order valence-corrected chi connectivity index (χ2v) is 7.93. The van der Waals surface area contributed by atoms with E-state index in [0.29, 0.717) is 5.82 Å². The molecule has 0 bridgehead atoms. The van der Waals surface area contributed by atoms with Crippen LogP contribution in [0.2, 0.25) is 5.02 Å². The molecule has 4 aromatic rings. The fourth-order valence-electron chi connectivity index (χ4n) is 3.57. The summed E-state index contributed by atoms with van der Waals surface area (Å²) in [6.45, 7) is 2.91. The highest BCUT2D eigenvalue weighted by Gasteiger charge is 2.16. The molecular formula is C25H26ClN5. The van der Waals surface area contributed by atoms with E-state index in [9.17, 15) is 0 Å². The van der Waals surface area contributed by atoms with Crippen molar-refractivity contribution in [2.75, 3.05) is 11.9 Å². The van der Waals surface area contributed by atoms with Crippen LogP contribution >= 0.6 is 11.6 Å². The number of nitrogens with one attached hydrogen (secondary N) is 1. The predicted molar refractivity (Wildman–Crippen MR) is 129 cm³/mol. The molecule has 0 saturated carbocycles. The number of nitrogens with zero attached hydrogens (tertiary/aromatic N) is 4. The van der Waals surface area contributed by atoms with E-state index >= 15 is 0 Å². The van der Waals surface area contributed by atoms with E-state index in [0.717, 1.165) is 58.9 Å². The van der Waals surface area contributed by atoms with Crippen molar-refractivity contribution in [2.24, 2.45) is 7.05 Å². The Morgan fingerprint density at radius 2 is 1.74 bits per heavy atom. The number of benzene rings is 2. The lowest BCUT2D eigenvalue weighted by Gasteiger charge is -2.09. The molecule has 1 N–H and O–H groups in total. The Kier molecular flexibility index (Phi) is 6.63. The molecule has 0 spiro atoms. The van der Waals surface area contributed by atoms with Crippen molar-refractivity contribution in [1.82, 2.24) is 19.7 Å². The molecule has 6 heteroatoms. The quantitative estimate of drug-likeness (QED) is 0.383. The van der Waals surface area contributed by atoms with Crippen LogP contribution in [0.3, 0.4) is 0 Å². The standard InChI is InChI=1S/C25H26ClN5/c1-3-7-21-23-24(31(2)30-21)25(27-17-16-19-10-13-20(26)14-11-19)29-22(28-23)15-12-18-8-5-4-6-9-18/h4-6,8-15H,3,7,16-17H2,1-2H3,(H,27,28,29)/b15-12+. The molecule has 0 saturated heterocycles. The Bertz CT molecular complexity index is 1180. The minimum Gasteiger partial charge on any atom is -0.368 e. The molecule has 2 heterocycles. The van der Waals surface area contributed by atoms with Crippen LogP contribution in [0.1, 0.15) is 36.0 Å². The van der Waals surface area contributed by atoms with Gasteiger partial charge in [0.05, 0.1) is 5.69 Å². The van der Waals surface area contributed by atoms with Gasteiger partial charge in [0, 0.05) is 18.6 Å². The third-order valence-electron chi connectivity index (χ3n) is 5.10. The second-order valence-electron chi connectivity index (χ2n) is 7.50. The fraction of sp³-hybridized carbons (Fsp3) is 0.240. The zero-order valence-electron chi connectivity index (χ0n) is 17.8. The van der Waals surface area contributed by atoms with Gasteiger partial charge in [0.1, 0.15) is 11.0 Å². The lowest BCUT2D eigenvalue weighted by atomic mass is 10.1. The van der Waals surface area contributed by atoms with Gasteiger partial charge in [0.25, 0.3) is 0 Å². The van der Waals surface area contributed by atoms with Crippen molar-refractivity contribution >= 4 is 40.6 Å². The summed E-state index contributed by atoms with van der Waals surface area (Å²) in [5.74, 6) is 1.49. The minimum absolute atomic E-state index is 0.677. The Hall–Kier alpha value is -3.18. The maximum atomic E-state index is 6.00. The molecule has 4 rings (SSSR count). The average Bonchev–Trinajstić information content (AvgIpc) is 3.10. The van der Waals surface area contributed by atoms with E-state index in [1.807, 2.05) is 54.2 Å². The molecule has 0 aliphatic rings. The number of fused-ring (bicyclic) bond motifs is 1. The zero-order valence-corrected chi connectivity index (χ0v) is 18.6. The van der Waals surface area contributed by atoms with Crippen LogP contribution in [0.5, 0.6) is 0 Å². The summed E-state index contributed by atoms with van der Waals surface area (Å²) >= 11 is 6.00. The Morgan fingerprint density at radius 3 is 2.48 bits per heavy atom. The molecule has 2 aromatic carbocycles. The number of halogens is 1. The lowest BCUT2D eigenvalue weighted by Crippen LogP contribution is -2.09. The van der Waals surface area contributed by atoms with Crippen molar-refractivity contribution in [3.8, 4) is 0 Å². The highest BCUT2D eigenvalue weighted by Crippen LogP contribution is 2.24. The topological polar surface area (TPSA) is 55.6 Å². The molecule has 0 aliphatic heterocycles. The Balaban J connectivity index is 1.64. The van der Waals surface area contributed by atoms with Crippen LogP contribution in [0.4, 0.5) is 5.82 Å². The first-order chi connectivity index (χ1) is 15.1. The molecule has 0 radical (unpaired) electrons. The maximum absolute atomic E-state index is 6.00. The van der Waals surface area contributed by atoms with Crippen LogP contribution in [-0.4, -0.2) is 26.3 Å². The van der Waals surface area contributed by atoms with E-state index in [1.54, 1.807) is 0 Å². The smallest absolute Gasteiger partial charge is 0.156 e. The first-order valence-corrected chi connectivity index (χ1v) is 11.0. The molecule has 0 fully saturated rings. The number of aryl methyl sites for hydroxylation is 2. The molecular weight excluding hydrogens is 406 g/mol. The highest BCUT2D eigenvalue weighted by atomic mass is 35.5. The summed E-state index contributed by atoms with van der Waals surface area (Å²) in [5.41, 5.74) is 5.21. The molecule has 31 heavy (non-hydrogen) atoms. The largest absolute Gasteiger partial charge is 0.368 e. The molecule has 0 amide bonds. The number of hydrogen-bond acceptors (Lipinski definition) is 4. The number of rotatable bonds is 8. The summed E-state index contributed by atoms with van der Waals surface area (Å²) < 4.78 is 1.88. The van der Waals surface area contributed by atoms with E-state index in [-0.39, 0.29) is 0 Å². The number of hydrogen-bond donors (Lipinski definition) is 1. The third-order valence-corrected chi connectivity index (χ3v) is 5.35. The van der Waals surface area contributed by atoms with Gasteiger partial charge in [0.15, 0.2) is 11.6 Å². The lowest BCUT2D eigenvalue weighted by molar-refractivity contribution is 0.752. The summed E-state index contributed by atoms with van der Waals surface area (Å²) in [6.07, 6.45) is 6.78. The SMILES string of the molecule is CCCc1nn(C)c2c(NCCc3ccc(Cl)cc3)nc(/C=C/c3ccccc3)nc12. The van der Waals surface area contributed by atoms with Crippen molar-refractivity contribution < 1.29 is 0 Å². The third kappa shape index (κ3) is 5.12. The minimum atomic E-state index is 0.677. The van der Waals surface area contributed by atoms with Gasteiger partial charge in [-0.3, -0.25) is 4.68 Å². The van der Waals surface area contributed by atoms with Gasteiger partial charge in [0.2, 0.25) is 0 Å². The van der Waals surface area contributed by atoms with Gasteiger partial charge in [-0.15, -0.1) is 0 Å². The van der Waals surface area contributed by atoms with Gasteiger partial charge >= 0.3 is 0 Å². The van der Waals surface area contributed by atoms with E-state index in [1.165, 1.54) is 5.56 Å². The second kappa shape index (κ2) is 9.75. The summed E-state index contributed by atoms with van der Waals surface area (Å²) in [6, 6.07) is 18.1. The number of anilines is 1. The summed E-state index contributed by atoms with van der Waals surface area (Å²) in [7, 11) is 1.95.